The second-order valence-electron chi connectivity index (χ2n) is 4.33. The predicted octanol–water partition coefficient (Wildman–Crippen LogP) is 2.65. The molecule has 2 nitrogen and oxygen atoms in total. The number of hydrogen-bond acceptors (Lipinski definition) is 2. The summed E-state index contributed by atoms with van der Waals surface area (Å²) in [5.41, 5.74) is 1.78. The van der Waals surface area contributed by atoms with Gasteiger partial charge in [-0.05, 0) is 30.1 Å². The Kier molecular flexibility index (Phi) is 3.97. The molecular weight excluding hydrogens is 236 g/mol. The Morgan fingerprint density at radius 1 is 1.35 bits per heavy atom. The summed E-state index contributed by atoms with van der Waals surface area (Å²) in [7, 11) is 0. The van der Waals surface area contributed by atoms with Crippen molar-refractivity contribution < 1.29 is 9.90 Å². The molecule has 2 unspecified atom stereocenters. The van der Waals surface area contributed by atoms with E-state index in [4.69, 9.17) is 16.7 Å². The quantitative estimate of drug-likeness (QED) is 0.647. The van der Waals surface area contributed by atoms with Gasteiger partial charge in [-0.2, -0.15) is 0 Å². The first kappa shape index (κ1) is 12.3. The smallest absolute Gasteiger partial charge is 0.177 e. The molecule has 1 aromatic rings. The van der Waals surface area contributed by atoms with Gasteiger partial charge in [0.15, 0.2) is 5.78 Å². The van der Waals surface area contributed by atoms with E-state index in [1.807, 2.05) is 36.4 Å². The number of benzene rings is 1. The van der Waals surface area contributed by atoms with Gasteiger partial charge in [0.2, 0.25) is 0 Å². The van der Waals surface area contributed by atoms with Crippen LogP contribution in [-0.2, 0) is 4.79 Å². The van der Waals surface area contributed by atoms with Crippen molar-refractivity contribution in [3.05, 3.63) is 41.5 Å². The molecule has 3 heteroatoms. The Bertz CT molecular complexity index is 425. The highest BCUT2D eigenvalue weighted by molar-refractivity contribution is 6.34. The highest BCUT2D eigenvalue weighted by Crippen LogP contribution is 2.30. The van der Waals surface area contributed by atoms with Gasteiger partial charge in [-0.15, -0.1) is 11.6 Å². The molecule has 0 aliphatic heterocycles. The van der Waals surface area contributed by atoms with Crippen LogP contribution in [0.4, 0.5) is 0 Å². The van der Waals surface area contributed by atoms with Gasteiger partial charge in [0, 0.05) is 12.5 Å². The number of ketones is 1. The number of aliphatic hydroxyl groups excluding tert-OH is 1. The zero-order valence-corrected chi connectivity index (χ0v) is 10.2. The molecule has 90 valence electrons. The van der Waals surface area contributed by atoms with Crippen LogP contribution in [0.5, 0.6) is 0 Å². The minimum absolute atomic E-state index is 0.0154. The van der Waals surface area contributed by atoms with Crippen molar-refractivity contribution in [2.75, 3.05) is 6.61 Å². The number of hydrogen-bond donors (Lipinski definition) is 1. The van der Waals surface area contributed by atoms with Crippen molar-refractivity contribution in [3.63, 3.8) is 0 Å². The molecule has 1 aromatic carbocycles. The van der Waals surface area contributed by atoms with Crippen molar-refractivity contribution in [1.82, 2.24) is 0 Å². The Morgan fingerprint density at radius 2 is 2.06 bits per heavy atom. The van der Waals surface area contributed by atoms with Crippen LogP contribution < -0.4 is 0 Å². The molecule has 17 heavy (non-hydrogen) atoms. The lowest BCUT2D eigenvalue weighted by Crippen LogP contribution is -2.33. The molecule has 1 fully saturated rings. The summed E-state index contributed by atoms with van der Waals surface area (Å²) >= 11 is 6.04. The van der Waals surface area contributed by atoms with E-state index in [0.717, 1.165) is 17.6 Å². The van der Waals surface area contributed by atoms with Gasteiger partial charge in [0.05, 0.1) is 0 Å². The molecule has 0 radical (unpaired) electrons. The Morgan fingerprint density at radius 3 is 2.71 bits per heavy atom. The van der Waals surface area contributed by atoms with E-state index in [1.54, 1.807) is 0 Å². The third kappa shape index (κ3) is 2.76. The molecule has 0 saturated heterocycles. The van der Waals surface area contributed by atoms with E-state index >= 15 is 0 Å². The zero-order chi connectivity index (χ0) is 12.3. The minimum Gasteiger partial charge on any atom is -0.396 e. The van der Waals surface area contributed by atoms with Crippen molar-refractivity contribution >= 4 is 23.5 Å². The summed E-state index contributed by atoms with van der Waals surface area (Å²) in [5, 5.41) is 8.52. The molecule has 1 aliphatic carbocycles. The molecule has 0 aromatic heterocycles. The number of aliphatic hydroxyl groups is 1. The second-order valence-corrected chi connectivity index (χ2v) is 4.80. The van der Waals surface area contributed by atoms with Crippen molar-refractivity contribution in [1.29, 1.82) is 0 Å². The van der Waals surface area contributed by atoms with Crippen LogP contribution in [0.25, 0.3) is 6.08 Å². The number of carbonyl (C=O) groups is 1. The highest BCUT2D eigenvalue weighted by atomic mass is 35.5. The molecular formula is C14H15ClO2. The summed E-state index contributed by atoms with van der Waals surface area (Å²) < 4.78 is 0. The monoisotopic (exact) mass is 250 g/mol. The topological polar surface area (TPSA) is 37.3 Å². The maximum atomic E-state index is 12.0. The van der Waals surface area contributed by atoms with Gasteiger partial charge in [-0.3, -0.25) is 4.79 Å². The Labute approximate surface area is 106 Å². The van der Waals surface area contributed by atoms with Gasteiger partial charge >= 0.3 is 0 Å². The third-order valence-corrected chi connectivity index (χ3v) is 3.69. The number of carbonyl (C=O) groups excluding carboxylic acids is 1. The highest BCUT2D eigenvalue weighted by Gasteiger charge is 2.32. The molecule has 1 saturated carbocycles. The van der Waals surface area contributed by atoms with E-state index in [2.05, 4.69) is 0 Å². The lowest BCUT2D eigenvalue weighted by Gasteiger charge is -2.26. The van der Waals surface area contributed by atoms with Crippen LogP contribution in [0.2, 0.25) is 0 Å². The molecule has 0 bridgehead atoms. The lowest BCUT2D eigenvalue weighted by atomic mass is 9.84. The maximum Gasteiger partial charge on any atom is 0.177 e. The van der Waals surface area contributed by atoms with Gasteiger partial charge in [0.1, 0.15) is 5.38 Å². The molecule has 0 amide bonds. The number of allylic oxidation sites excluding steroid dienone is 1. The van der Waals surface area contributed by atoms with Crippen molar-refractivity contribution in [3.8, 4) is 0 Å². The Hall–Kier alpha value is -1.12. The molecule has 2 rings (SSSR count). The number of alkyl halides is 1. The molecule has 1 aliphatic rings. The fourth-order valence-electron chi connectivity index (χ4n) is 2.08. The zero-order valence-electron chi connectivity index (χ0n) is 9.47. The first-order valence-electron chi connectivity index (χ1n) is 5.77. The van der Waals surface area contributed by atoms with Gasteiger partial charge in [-0.25, -0.2) is 0 Å². The summed E-state index contributed by atoms with van der Waals surface area (Å²) in [4.78, 5) is 12.0. The van der Waals surface area contributed by atoms with Crippen LogP contribution in [0.3, 0.4) is 0 Å². The van der Waals surface area contributed by atoms with E-state index in [0.29, 0.717) is 6.42 Å². The van der Waals surface area contributed by atoms with Crippen LogP contribution in [0.1, 0.15) is 18.4 Å². The number of Topliss-reactive ketones (excluding diaryl/α,β-unsaturated/α-hetero) is 1. The average molecular weight is 251 g/mol. The summed E-state index contributed by atoms with van der Waals surface area (Å²) in [6.45, 7) is -0.0154. The normalized spacial score (nSPS) is 27.4. The summed E-state index contributed by atoms with van der Waals surface area (Å²) in [6, 6.07) is 9.74. The Balaban J connectivity index is 2.19. The number of halogens is 1. The van der Waals surface area contributed by atoms with Crippen molar-refractivity contribution in [2.45, 2.75) is 18.2 Å². The third-order valence-electron chi connectivity index (χ3n) is 3.14. The standard InChI is InChI=1S/C14H15ClO2/c15-13-12(9-16)7-6-11(14(13)17)8-10-4-2-1-3-5-10/h1-5,8,12-13,16H,6-7,9H2. The van der Waals surface area contributed by atoms with E-state index in [9.17, 15) is 4.79 Å². The van der Waals surface area contributed by atoms with E-state index in [1.165, 1.54) is 0 Å². The van der Waals surface area contributed by atoms with E-state index < -0.39 is 5.38 Å². The van der Waals surface area contributed by atoms with Gasteiger partial charge in [-0.1, -0.05) is 30.3 Å². The maximum absolute atomic E-state index is 12.0. The first-order chi connectivity index (χ1) is 8.22. The predicted molar refractivity (Wildman–Crippen MR) is 68.9 cm³/mol. The fourth-order valence-corrected chi connectivity index (χ4v) is 2.43. The van der Waals surface area contributed by atoms with Crippen molar-refractivity contribution in [2.24, 2.45) is 5.92 Å². The largest absolute Gasteiger partial charge is 0.396 e. The second kappa shape index (κ2) is 5.48. The molecule has 1 N–H and O–H groups in total. The SMILES string of the molecule is O=C1C(=Cc2ccccc2)CCC(CO)C1Cl. The fraction of sp³-hybridized carbons (Fsp3) is 0.357. The van der Waals surface area contributed by atoms with Crippen LogP contribution in [-0.4, -0.2) is 22.9 Å². The van der Waals surface area contributed by atoms with Crippen LogP contribution in [0.15, 0.2) is 35.9 Å². The van der Waals surface area contributed by atoms with Gasteiger partial charge < -0.3 is 5.11 Å². The molecule has 0 spiro atoms. The van der Waals surface area contributed by atoms with E-state index in [-0.39, 0.29) is 18.3 Å². The van der Waals surface area contributed by atoms with Crippen LogP contribution in [0, 0.1) is 5.92 Å². The summed E-state index contributed by atoms with van der Waals surface area (Å²) in [5.74, 6) is -0.141. The average Bonchev–Trinajstić information content (AvgIpc) is 2.37. The van der Waals surface area contributed by atoms with Crippen LogP contribution >= 0.6 is 11.6 Å². The van der Waals surface area contributed by atoms with Gasteiger partial charge in [0.25, 0.3) is 0 Å². The first-order valence-corrected chi connectivity index (χ1v) is 6.21. The summed E-state index contributed by atoms with van der Waals surface area (Å²) in [6.07, 6.45) is 3.36. The molecule has 0 heterocycles. The lowest BCUT2D eigenvalue weighted by molar-refractivity contribution is -0.117. The minimum atomic E-state index is -0.580. The molecule has 2 atom stereocenters. The number of rotatable bonds is 2.